The summed E-state index contributed by atoms with van der Waals surface area (Å²) in [6, 6.07) is 15.2. The van der Waals surface area contributed by atoms with Crippen molar-refractivity contribution in [2.24, 2.45) is 7.05 Å². The van der Waals surface area contributed by atoms with E-state index in [0.29, 0.717) is 0 Å². The fourth-order valence-electron chi connectivity index (χ4n) is 2.40. The van der Waals surface area contributed by atoms with E-state index in [2.05, 4.69) is 35.9 Å². The molecule has 0 saturated carbocycles. The first-order chi connectivity index (χ1) is 10.1. The second-order valence-corrected chi connectivity index (χ2v) is 6.06. The van der Waals surface area contributed by atoms with Crippen LogP contribution in [0, 0.1) is 10.1 Å². The molecule has 4 nitrogen and oxygen atoms in total. The molecule has 22 heavy (non-hydrogen) atoms. The van der Waals surface area contributed by atoms with Gasteiger partial charge in [0.05, 0.1) is 4.92 Å². The number of rotatable bonds is 4. The summed E-state index contributed by atoms with van der Waals surface area (Å²) in [5.41, 5.74) is 2.52. The lowest BCUT2D eigenvalue weighted by atomic mass is 10.1. The molecule has 0 radical (unpaired) electrons. The summed E-state index contributed by atoms with van der Waals surface area (Å²) in [5, 5.41) is 12.0. The summed E-state index contributed by atoms with van der Waals surface area (Å²) in [7, 11) is 2.09. The minimum atomic E-state index is -0.365. The van der Waals surface area contributed by atoms with Gasteiger partial charge in [-0.15, -0.1) is 0 Å². The van der Waals surface area contributed by atoms with Crippen LogP contribution < -0.4 is 28.5 Å². The standard InChI is InChI=1S/C16H15N2O2S.HI/c1-17-14-4-2-3-5-15(14)21-16(17)11-8-12-6-9-13(10-7-12)18(19)20;/h2-7,9-10H,8,11H2,1H3;1H/q+1;/p-1. The molecule has 6 heteroatoms. The highest BCUT2D eigenvalue weighted by Crippen LogP contribution is 2.21. The molecule has 0 aliphatic carbocycles. The van der Waals surface area contributed by atoms with Crippen molar-refractivity contribution in [2.45, 2.75) is 12.8 Å². The fourth-order valence-corrected chi connectivity index (χ4v) is 3.55. The number of nitro groups is 1. The Morgan fingerprint density at radius 1 is 1.09 bits per heavy atom. The van der Waals surface area contributed by atoms with Gasteiger partial charge >= 0.3 is 0 Å². The maximum absolute atomic E-state index is 10.6. The molecule has 1 heterocycles. The van der Waals surface area contributed by atoms with Crippen molar-refractivity contribution < 1.29 is 33.5 Å². The molecule has 0 fully saturated rings. The first-order valence-corrected chi connectivity index (χ1v) is 7.56. The van der Waals surface area contributed by atoms with Crippen LogP contribution in [0.1, 0.15) is 10.6 Å². The lowest BCUT2D eigenvalue weighted by Gasteiger charge is -1.98. The van der Waals surface area contributed by atoms with E-state index in [9.17, 15) is 10.1 Å². The Balaban J connectivity index is 0.00000176. The number of nitrogens with zero attached hydrogens (tertiary/aromatic N) is 2. The van der Waals surface area contributed by atoms with Gasteiger partial charge in [0.2, 0.25) is 10.5 Å². The minimum absolute atomic E-state index is 0. The van der Waals surface area contributed by atoms with Gasteiger partial charge in [-0.25, -0.2) is 0 Å². The Morgan fingerprint density at radius 3 is 2.41 bits per heavy atom. The monoisotopic (exact) mass is 426 g/mol. The highest BCUT2D eigenvalue weighted by atomic mass is 127. The van der Waals surface area contributed by atoms with Crippen molar-refractivity contribution in [1.29, 1.82) is 0 Å². The average Bonchev–Trinajstić information content (AvgIpc) is 2.82. The molecule has 0 saturated heterocycles. The van der Waals surface area contributed by atoms with Crippen LogP contribution in [-0.4, -0.2) is 4.92 Å². The zero-order valence-corrected chi connectivity index (χ0v) is 15.0. The maximum Gasteiger partial charge on any atom is 0.269 e. The summed E-state index contributed by atoms with van der Waals surface area (Å²) in [6.45, 7) is 0. The van der Waals surface area contributed by atoms with E-state index < -0.39 is 0 Å². The van der Waals surface area contributed by atoms with Crippen molar-refractivity contribution >= 4 is 27.2 Å². The summed E-state index contributed by atoms with van der Waals surface area (Å²) in [5.74, 6) is 0. The highest BCUT2D eigenvalue weighted by Gasteiger charge is 2.16. The largest absolute Gasteiger partial charge is 1.00 e. The van der Waals surface area contributed by atoms with Crippen LogP contribution in [0.15, 0.2) is 48.5 Å². The summed E-state index contributed by atoms with van der Waals surface area (Å²) < 4.78 is 3.52. The van der Waals surface area contributed by atoms with Crippen LogP contribution in [-0.2, 0) is 19.9 Å². The fraction of sp³-hybridized carbons (Fsp3) is 0.188. The SMILES string of the molecule is C[n+]1c(CCc2ccc([N+](=O)[O-])cc2)sc2ccccc21.[I-]. The predicted octanol–water partition coefficient (Wildman–Crippen LogP) is 0.423. The van der Waals surface area contributed by atoms with Crippen molar-refractivity contribution in [1.82, 2.24) is 0 Å². The predicted molar refractivity (Wildman–Crippen MR) is 83.5 cm³/mol. The number of thiazole rings is 1. The molecular formula is C16H15IN2O2S. The Labute approximate surface area is 149 Å². The molecular weight excluding hydrogens is 411 g/mol. The number of aromatic nitrogens is 1. The van der Waals surface area contributed by atoms with Gasteiger partial charge in [0.25, 0.3) is 5.69 Å². The molecule has 2 aromatic carbocycles. The molecule has 0 amide bonds. The Hall–Kier alpha value is -1.54. The quantitative estimate of drug-likeness (QED) is 0.263. The molecule has 0 N–H and O–H groups in total. The van der Waals surface area contributed by atoms with Crippen LogP contribution in [0.25, 0.3) is 10.2 Å². The van der Waals surface area contributed by atoms with Gasteiger partial charge in [-0.1, -0.05) is 35.6 Å². The molecule has 3 aromatic rings. The van der Waals surface area contributed by atoms with Gasteiger partial charge in [0.1, 0.15) is 11.7 Å². The van der Waals surface area contributed by atoms with Crippen molar-refractivity contribution in [3.63, 3.8) is 0 Å². The third-order valence-corrected chi connectivity index (χ3v) is 4.88. The molecule has 0 spiro atoms. The summed E-state index contributed by atoms with van der Waals surface area (Å²) >= 11 is 1.81. The number of para-hydroxylation sites is 1. The number of non-ortho nitro benzene ring substituents is 1. The number of aryl methyl sites for hydroxylation is 3. The van der Waals surface area contributed by atoms with Crippen molar-refractivity contribution in [3.05, 3.63) is 69.2 Å². The van der Waals surface area contributed by atoms with Crippen LogP contribution in [0.3, 0.4) is 0 Å². The van der Waals surface area contributed by atoms with E-state index in [1.54, 1.807) is 23.5 Å². The molecule has 0 aliphatic rings. The number of benzene rings is 2. The zero-order valence-electron chi connectivity index (χ0n) is 12.0. The normalized spacial score (nSPS) is 10.4. The first-order valence-electron chi connectivity index (χ1n) is 6.75. The van der Waals surface area contributed by atoms with Crippen LogP contribution in [0.4, 0.5) is 5.69 Å². The molecule has 1 aromatic heterocycles. The third-order valence-electron chi connectivity index (χ3n) is 3.60. The van der Waals surface area contributed by atoms with Gasteiger partial charge in [-0.2, -0.15) is 4.57 Å². The smallest absolute Gasteiger partial charge is 0.269 e. The van der Waals surface area contributed by atoms with Gasteiger partial charge in [-0.05, 0) is 18.1 Å². The lowest BCUT2D eigenvalue weighted by molar-refractivity contribution is -0.648. The summed E-state index contributed by atoms with van der Waals surface area (Å²) in [6.07, 6.45) is 1.83. The van der Waals surface area contributed by atoms with Gasteiger partial charge in [0.15, 0.2) is 0 Å². The number of hydrogen-bond acceptors (Lipinski definition) is 3. The molecule has 0 atom stereocenters. The van der Waals surface area contributed by atoms with Crippen molar-refractivity contribution in [2.75, 3.05) is 0 Å². The van der Waals surface area contributed by atoms with Gasteiger partial charge in [-0.3, -0.25) is 10.1 Å². The Bertz CT molecular complexity index is 800. The number of fused-ring (bicyclic) bond motifs is 1. The Kier molecular flexibility index (Phi) is 5.47. The second-order valence-electron chi connectivity index (χ2n) is 4.95. The van der Waals surface area contributed by atoms with E-state index in [-0.39, 0.29) is 34.6 Å². The van der Waals surface area contributed by atoms with Gasteiger partial charge < -0.3 is 24.0 Å². The van der Waals surface area contributed by atoms with Gasteiger partial charge in [0, 0.05) is 24.6 Å². The Morgan fingerprint density at radius 2 is 1.77 bits per heavy atom. The molecule has 0 aliphatic heterocycles. The third kappa shape index (κ3) is 3.44. The van der Waals surface area contributed by atoms with E-state index in [1.807, 2.05) is 12.1 Å². The van der Waals surface area contributed by atoms with E-state index in [4.69, 9.17) is 0 Å². The number of hydrogen-bond donors (Lipinski definition) is 0. The zero-order chi connectivity index (χ0) is 14.8. The summed E-state index contributed by atoms with van der Waals surface area (Å²) in [4.78, 5) is 10.3. The van der Waals surface area contributed by atoms with Crippen LogP contribution in [0.5, 0.6) is 0 Å². The molecule has 0 bridgehead atoms. The van der Waals surface area contributed by atoms with Crippen LogP contribution in [0.2, 0.25) is 0 Å². The van der Waals surface area contributed by atoms with Crippen molar-refractivity contribution in [3.8, 4) is 0 Å². The first kappa shape index (κ1) is 16.8. The second kappa shape index (κ2) is 7.15. The molecule has 0 unspecified atom stereocenters. The number of nitro benzene ring substituents is 1. The average molecular weight is 426 g/mol. The highest BCUT2D eigenvalue weighted by molar-refractivity contribution is 7.18. The maximum atomic E-state index is 10.6. The van der Waals surface area contributed by atoms with E-state index >= 15 is 0 Å². The minimum Gasteiger partial charge on any atom is -1.00 e. The number of halogens is 1. The topological polar surface area (TPSA) is 47.0 Å². The van der Waals surface area contributed by atoms with E-state index in [0.717, 1.165) is 18.4 Å². The van der Waals surface area contributed by atoms with Crippen LogP contribution >= 0.6 is 11.3 Å². The lowest BCUT2D eigenvalue weighted by Crippen LogP contribution is -3.00. The molecule has 114 valence electrons. The molecule has 3 rings (SSSR count). The van der Waals surface area contributed by atoms with E-state index in [1.165, 1.54) is 15.2 Å².